The second-order valence-electron chi connectivity index (χ2n) is 9.85. The van der Waals surface area contributed by atoms with Gasteiger partial charge in [0.2, 0.25) is 0 Å². The lowest BCUT2D eigenvalue weighted by Crippen LogP contribution is -2.43. The third kappa shape index (κ3) is 4.79. The van der Waals surface area contributed by atoms with Gasteiger partial charge in [0.25, 0.3) is 0 Å². The molecule has 7 nitrogen and oxygen atoms in total. The number of anilines is 2. The van der Waals surface area contributed by atoms with Crippen LogP contribution in [0, 0.1) is 16.7 Å². The summed E-state index contributed by atoms with van der Waals surface area (Å²) >= 11 is 6.31. The van der Waals surface area contributed by atoms with Crippen molar-refractivity contribution in [3.05, 3.63) is 46.6 Å². The molecule has 33 heavy (non-hydrogen) atoms. The normalized spacial score (nSPS) is 23.1. The first-order chi connectivity index (χ1) is 16.0. The molecule has 2 aromatic rings. The monoisotopic (exact) mass is 465 g/mol. The van der Waals surface area contributed by atoms with Crippen molar-refractivity contribution >= 4 is 23.1 Å². The van der Waals surface area contributed by atoms with Crippen molar-refractivity contribution in [3.8, 4) is 6.07 Å². The molecular formula is C25H32ClN7. The third-order valence-corrected chi connectivity index (χ3v) is 7.93. The zero-order valence-electron chi connectivity index (χ0n) is 19.3. The number of halogens is 1. The molecule has 1 aromatic heterocycles. The molecule has 0 unspecified atom stereocenters. The molecule has 1 N–H and O–H groups in total. The maximum Gasteiger partial charge on any atom is 0.151 e. The highest BCUT2D eigenvalue weighted by Gasteiger charge is 2.44. The summed E-state index contributed by atoms with van der Waals surface area (Å²) in [4.78, 5) is 7.28. The summed E-state index contributed by atoms with van der Waals surface area (Å²) in [5, 5.41) is 22.2. The van der Waals surface area contributed by atoms with Gasteiger partial charge in [0, 0.05) is 64.1 Å². The molecule has 0 bridgehead atoms. The smallest absolute Gasteiger partial charge is 0.151 e. The fourth-order valence-electron chi connectivity index (χ4n) is 5.71. The van der Waals surface area contributed by atoms with Gasteiger partial charge in [-0.25, -0.2) is 0 Å². The predicted molar refractivity (Wildman–Crippen MR) is 132 cm³/mol. The number of nitrogens with zero attached hydrogens (tertiary/aromatic N) is 6. The van der Waals surface area contributed by atoms with Gasteiger partial charge in [-0.05, 0) is 61.9 Å². The van der Waals surface area contributed by atoms with Gasteiger partial charge in [-0.2, -0.15) is 10.4 Å². The van der Waals surface area contributed by atoms with Gasteiger partial charge < -0.3 is 15.1 Å². The molecule has 174 valence electrons. The number of piperidine rings is 1. The lowest BCUT2D eigenvalue weighted by molar-refractivity contribution is 0.230. The topological polar surface area (TPSA) is 71.3 Å². The van der Waals surface area contributed by atoms with Crippen LogP contribution in [0.3, 0.4) is 0 Å². The Hall–Kier alpha value is -2.40. The van der Waals surface area contributed by atoms with Crippen LogP contribution in [0.4, 0.5) is 11.5 Å². The standard InChI is InChI=1S/C25H32ClN7/c1-19-15-25(18-33(19)22-4-2-20(16-27)23(26)14-22)6-10-32(11-7-25)24-5-3-21(29-30-24)17-31-12-8-28-9-13-31/h2-5,14,19,28H,6-13,15,17-18H2,1H3/t19-/m0/s1. The Labute approximate surface area is 201 Å². The average molecular weight is 466 g/mol. The lowest BCUT2D eigenvalue weighted by Gasteiger charge is -2.39. The van der Waals surface area contributed by atoms with E-state index in [0.717, 1.165) is 82.4 Å². The largest absolute Gasteiger partial charge is 0.368 e. The first-order valence-electron chi connectivity index (χ1n) is 12.0. The van der Waals surface area contributed by atoms with Gasteiger partial charge in [-0.3, -0.25) is 4.90 Å². The third-order valence-electron chi connectivity index (χ3n) is 7.62. The lowest BCUT2D eigenvalue weighted by atomic mass is 9.77. The molecule has 3 saturated heterocycles. The molecule has 0 saturated carbocycles. The highest BCUT2D eigenvalue weighted by atomic mass is 35.5. The summed E-state index contributed by atoms with van der Waals surface area (Å²) in [6, 6.07) is 12.7. The van der Waals surface area contributed by atoms with E-state index in [0.29, 0.717) is 22.0 Å². The zero-order valence-corrected chi connectivity index (χ0v) is 20.1. The van der Waals surface area contributed by atoms with Crippen molar-refractivity contribution in [2.75, 3.05) is 55.6 Å². The van der Waals surface area contributed by atoms with Crippen molar-refractivity contribution in [2.24, 2.45) is 5.41 Å². The molecule has 3 fully saturated rings. The fraction of sp³-hybridized carbons (Fsp3) is 0.560. The molecule has 5 rings (SSSR count). The van der Waals surface area contributed by atoms with E-state index in [1.807, 2.05) is 18.2 Å². The van der Waals surface area contributed by atoms with Crippen LogP contribution in [0.2, 0.25) is 5.02 Å². The van der Waals surface area contributed by atoms with Crippen LogP contribution >= 0.6 is 11.6 Å². The van der Waals surface area contributed by atoms with E-state index >= 15 is 0 Å². The Morgan fingerprint density at radius 1 is 1.12 bits per heavy atom. The number of nitrogens with one attached hydrogen (secondary N) is 1. The molecule has 1 atom stereocenters. The molecule has 8 heteroatoms. The van der Waals surface area contributed by atoms with Gasteiger partial charge in [-0.15, -0.1) is 5.10 Å². The van der Waals surface area contributed by atoms with E-state index in [9.17, 15) is 0 Å². The second-order valence-corrected chi connectivity index (χ2v) is 10.3. The van der Waals surface area contributed by atoms with Gasteiger partial charge in [0.15, 0.2) is 5.82 Å². The van der Waals surface area contributed by atoms with Crippen LogP contribution in [0.15, 0.2) is 30.3 Å². The molecule has 0 aliphatic carbocycles. The minimum atomic E-state index is 0.325. The van der Waals surface area contributed by atoms with Crippen LogP contribution in [0.5, 0.6) is 0 Å². The molecule has 4 heterocycles. The summed E-state index contributed by atoms with van der Waals surface area (Å²) in [6.45, 7) is 10.5. The van der Waals surface area contributed by atoms with Crippen molar-refractivity contribution < 1.29 is 0 Å². The summed E-state index contributed by atoms with van der Waals surface area (Å²) in [5.41, 5.74) is 3.04. The predicted octanol–water partition coefficient (Wildman–Crippen LogP) is 3.29. The Morgan fingerprint density at radius 3 is 2.58 bits per heavy atom. The Balaban J connectivity index is 1.19. The second kappa shape index (κ2) is 9.46. The minimum Gasteiger partial charge on any atom is -0.368 e. The van der Waals surface area contributed by atoms with Crippen LogP contribution in [-0.4, -0.2) is 67.0 Å². The number of nitriles is 1. The average Bonchev–Trinajstić information content (AvgIpc) is 3.16. The first-order valence-corrected chi connectivity index (χ1v) is 12.4. The summed E-state index contributed by atoms with van der Waals surface area (Å²) in [5.74, 6) is 0.996. The maximum absolute atomic E-state index is 9.17. The van der Waals surface area contributed by atoms with Gasteiger partial charge in [0.1, 0.15) is 6.07 Å². The van der Waals surface area contributed by atoms with E-state index in [1.54, 1.807) is 0 Å². The van der Waals surface area contributed by atoms with Gasteiger partial charge >= 0.3 is 0 Å². The fourth-order valence-corrected chi connectivity index (χ4v) is 5.93. The Bertz CT molecular complexity index is 1000. The molecule has 0 radical (unpaired) electrons. The van der Waals surface area contributed by atoms with Gasteiger partial charge in [0.05, 0.1) is 16.3 Å². The number of benzene rings is 1. The van der Waals surface area contributed by atoms with E-state index < -0.39 is 0 Å². The molecule has 1 aromatic carbocycles. The number of aromatic nitrogens is 2. The maximum atomic E-state index is 9.17. The van der Waals surface area contributed by atoms with E-state index in [4.69, 9.17) is 16.9 Å². The molecule has 0 amide bonds. The minimum absolute atomic E-state index is 0.325. The highest BCUT2D eigenvalue weighted by Crippen LogP contribution is 2.45. The van der Waals surface area contributed by atoms with E-state index in [1.165, 1.54) is 6.42 Å². The van der Waals surface area contributed by atoms with Crippen molar-refractivity contribution in [1.82, 2.24) is 20.4 Å². The van der Waals surface area contributed by atoms with Crippen LogP contribution in [-0.2, 0) is 6.54 Å². The molecular weight excluding hydrogens is 434 g/mol. The summed E-state index contributed by atoms with van der Waals surface area (Å²) < 4.78 is 0. The van der Waals surface area contributed by atoms with Gasteiger partial charge in [-0.1, -0.05) is 11.6 Å². The highest BCUT2D eigenvalue weighted by molar-refractivity contribution is 6.32. The first kappa shape index (κ1) is 22.4. The number of hydrogen-bond donors (Lipinski definition) is 1. The quantitative estimate of drug-likeness (QED) is 0.742. The number of piperazine rings is 1. The van der Waals surface area contributed by atoms with Crippen LogP contribution in [0.25, 0.3) is 0 Å². The summed E-state index contributed by atoms with van der Waals surface area (Å²) in [6.07, 6.45) is 3.50. The molecule has 1 spiro atoms. The number of rotatable bonds is 4. The Kier molecular flexibility index (Phi) is 6.42. The zero-order chi connectivity index (χ0) is 22.8. The number of hydrogen-bond acceptors (Lipinski definition) is 7. The summed E-state index contributed by atoms with van der Waals surface area (Å²) in [7, 11) is 0. The molecule has 3 aliphatic rings. The van der Waals surface area contributed by atoms with Crippen LogP contribution in [0.1, 0.15) is 37.4 Å². The molecule has 3 aliphatic heterocycles. The van der Waals surface area contributed by atoms with Crippen molar-refractivity contribution in [1.29, 1.82) is 5.26 Å². The van der Waals surface area contributed by atoms with E-state index in [2.05, 4.69) is 55.3 Å². The van der Waals surface area contributed by atoms with Crippen LogP contribution < -0.4 is 15.1 Å². The van der Waals surface area contributed by atoms with Crippen molar-refractivity contribution in [3.63, 3.8) is 0 Å². The van der Waals surface area contributed by atoms with E-state index in [-0.39, 0.29) is 0 Å². The van der Waals surface area contributed by atoms with Crippen molar-refractivity contribution in [2.45, 2.75) is 38.8 Å². The Morgan fingerprint density at radius 2 is 1.91 bits per heavy atom. The SMILES string of the molecule is C[C@H]1CC2(CCN(c3ccc(CN4CCNCC4)nn3)CC2)CN1c1ccc(C#N)c(Cl)c1.